The van der Waals surface area contributed by atoms with Gasteiger partial charge in [-0.1, -0.05) is 40.2 Å². The third-order valence-corrected chi connectivity index (χ3v) is 7.02. The number of carbonyl (C=O) groups excluding carboxylic acids is 1. The first-order valence-electron chi connectivity index (χ1n) is 10.7. The Morgan fingerprint density at radius 1 is 1.07 bits per heavy atom. The van der Waals surface area contributed by atoms with E-state index in [2.05, 4.69) is 20.8 Å². The number of hydrogen-bond acceptors (Lipinski definition) is 3. The van der Waals surface area contributed by atoms with E-state index in [9.17, 15) is 9.18 Å². The molecule has 0 bridgehead atoms. The molecule has 4 rings (SSSR count). The van der Waals surface area contributed by atoms with E-state index >= 15 is 0 Å². The van der Waals surface area contributed by atoms with Crippen molar-refractivity contribution >= 4 is 22.0 Å². The van der Waals surface area contributed by atoms with Crippen LogP contribution < -0.4 is 0 Å². The molecular formula is C24H28BrFN2O2. The molecular weight excluding hydrogens is 447 g/mol. The van der Waals surface area contributed by atoms with Gasteiger partial charge in [-0.05, 0) is 68.2 Å². The first kappa shape index (κ1) is 21.3. The molecule has 2 fully saturated rings. The van der Waals surface area contributed by atoms with Crippen molar-refractivity contribution in [2.75, 3.05) is 26.2 Å². The van der Waals surface area contributed by atoms with E-state index in [1.54, 1.807) is 17.0 Å². The lowest BCUT2D eigenvalue weighted by atomic mass is 9.85. The third kappa shape index (κ3) is 4.54. The molecule has 0 unspecified atom stereocenters. The highest BCUT2D eigenvalue weighted by molar-refractivity contribution is 9.10. The SMILES string of the molecule is C[C@@H](c1ccc(Br)cc1)N1CC[C@](CCN2CCCC2)(c2ccc(F)cc2)OC1=O. The molecule has 6 heteroatoms. The fourth-order valence-corrected chi connectivity index (χ4v) is 4.83. The van der Waals surface area contributed by atoms with Gasteiger partial charge < -0.3 is 14.5 Å². The lowest BCUT2D eigenvalue weighted by Gasteiger charge is -2.44. The normalized spacial score (nSPS) is 23.4. The fraction of sp³-hybridized carbons (Fsp3) is 0.458. The fourth-order valence-electron chi connectivity index (χ4n) is 4.56. The van der Waals surface area contributed by atoms with Crippen molar-refractivity contribution in [3.8, 4) is 0 Å². The molecule has 0 N–H and O–H groups in total. The average molecular weight is 475 g/mol. The number of hydrogen-bond donors (Lipinski definition) is 0. The zero-order valence-corrected chi connectivity index (χ0v) is 18.9. The van der Waals surface area contributed by atoms with Gasteiger partial charge in [0.1, 0.15) is 11.4 Å². The number of amides is 1. The molecule has 2 saturated heterocycles. The maximum Gasteiger partial charge on any atom is 0.411 e. The van der Waals surface area contributed by atoms with Crippen molar-refractivity contribution < 1.29 is 13.9 Å². The van der Waals surface area contributed by atoms with Crippen molar-refractivity contribution in [1.82, 2.24) is 9.80 Å². The molecule has 2 aliphatic heterocycles. The standard InChI is InChI=1S/C24H28BrFN2O2/c1-18(19-4-8-21(25)9-5-19)28-17-13-24(30-23(28)29,12-16-27-14-2-3-15-27)20-6-10-22(26)11-7-20/h4-11,18H,2-3,12-17H2,1H3/t18-,24+/m0/s1. The van der Waals surface area contributed by atoms with Crippen molar-refractivity contribution in [3.63, 3.8) is 0 Å². The minimum atomic E-state index is -0.705. The Hall–Kier alpha value is -1.92. The molecule has 2 atom stereocenters. The summed E-state index contributed by atoms with van der Waals surface area (Å²) in [7, 11) is 0. The molecule has 2 aliphatic rings. The van der Waals surface area contributed by atoms with E-state index in [0.717, 1.165) is 41.7 Å². The third-order valence-electron chi connectivity index (χ3n) is 6.49. The van der Waals surface area contributed by atoms with Crippen LogP contribution in [0.25, 0.3) is 0 Å². The minimum Gasteiger partial charge on any atom is -0.438 e. The van der Waals surface area contributed by atoms with Crippen LogP contribution in [0.4, 0.5) is 9.18 Å². The van der Waals surface area contributed by atoms with E-state index < -0.39 is 5.60 Å². The van der Waals surface area contributed by atoms with Crippen LogP contribution in [0.15, 0.2) is 53.0 Å². The second-order valence-electron chi connectivity index (χ2n) is 8.34. The van der Waals surface area contributed by atoms with Gasteiger partial charge in [-0.25, -0.2) is 9.18 Å². The molecule has 30 heavy (non-hydrogen) atoms. The van der Waals surface area contributed by atoms with Gasteiger partial charge in [0.05, 0.1) is 6.04 Å². The molecule has 0 spiro atoms. The van der Waals surface area contributed by atoms with E-state index in [4.69, 9.17) is 4.74 Å². The summed E-state index contributed by atoms with van der Waals surface area (Å²) in [5.74, 6) is -0.277. The maximum atomic E-state index is 13.5. The smallest absolute Gasteiger partial charge is 0.411 e. The van der Waals surface area contributed by atoms with Gasteiger partial charge in [-0.3, -0.25) is 0 Å². The Morgan fingerprint density at radius 3 is 2.37 bits per heavy atom. The van der Waals surface area contributed by atoms with Gasteiger partial charge in [0.25, 0.3) is 0 Å². The van der Waals surface area contributed by atoms with Gasteiger partial charge >= 0.3 is 6.09 Å². The lowest BCUT2D eigenvalue weighted by molar-refractivity contribution is -0.0686. The number of ether oxygens (including phenoxy) is 1. The van der Waals surface area contributed by atoms with Crippen molar-refractivity contribution in [2.45, 2.75) is 44.2 Å². The van der Waals surface area contributed by atoms with Crippen molar-refractivity contribution in [2.24, 2.45) is 0 Å². The highest BCUT2D eigenvalue weighted by atomic mass is 79.9. The molecule has 4 nitrogen and oxygen atoms in total. The van der Waals surface area contributed by atoms with E-state index in [1.165, 1.54) is 25.0 Å². The molecule has 1 amide bonds. The maximum absolute atomic E-state index is 13.5. The molecule has 0 aromatic heterocycles. The Kier molecular flexibility index (Phi) is 6.44. The molecule has 0 aliphatic carbocycles. The summed E-state index contributed by atoms with van der Waals surface area (Å²) in [6.07, 6.45) is 3.57. The summed E-state index contributed by atoms with van der Waals surface area (Å²) in [6, 6.07) is 14.4. The van der Waals surface area contributed by atoms with E-state index in [1.807, 2.05) is 31.2 Å². The predicted molar refractivity (Wildman–Crippen MR) is 119 cm³/mol. The zero-order chi connectivity index (χ0) is 21.1. The number of cyclic esters (lactones) is 1. The van der Waals surface area contributed by atoms with Gasteiger partial charge in [-0.15, -0.1) is 0 Å². The Morgan fingerprint density at radius 2 is 1.73 bits per heavy atom. The Labute approximate surface area is 186 Å². The summed E-state index contributed by atoms with van der Waals surface area (Å²) in [5.41, 5.74) is 1.25. The minimum absolute atomic E-state index is 0.0737. The number of likely N-dealkylation sites (tertiary alicyclic amines) is 1. The molecule has 2 heterocycles. The van der Waals surface area contributed by atoms with Gasteiger partial charge in [0.2, 0.25) is 0 Å². The number of carbonyl (C=O) groups is 1. The molecule has 160 valence electrons. The topological polar surface area (TPSA) is 32.8 Å². The summed E-state index contributed by atoms with van der Waals surface area (Å²) in [5, 5.41) is 0. The first-order valence-corrected chi connectivity index (χ1v) is 11.5. The molecule has 0 radical (unpaired) electrons. The number of rotatable bonds is 6. The van der Waals surface area contributed by atoms with Gasteiger partial charge in [0.15, 0.2) is 0 Å². The Bertz CT molecular complexity index is 868. The number of halogens is 2. The lowest BCUT2D eigenvalue weighted by Crippen LogP contribution is -2.49. The van der Waals surface area contributed by atoms with Crippen LogP contribution in [-0.2, 0) is 10.3 Å². The van der Waals surface area contributed by atoms with Crippen LogP contribution in [0, 0.1) is 5.82 Å². The summed E-state index contributed by atoms with van der Waals surface area (Å²) < 4.78 is 20.7. The second kappa shape index (κ2) is 9.06. The summed E-state index contributed by atoms with van der Waals surface area (Å²) in [6.45, 7) is 5.71. The second-order valence-corrected chi connectivity index (χ2v) is 9.25. The molecule has 0 saturated carbocycles. The summed E-state index contributed by atoms with van der Waals surface area (Å²) >= 11 is 3.46. The van der Waals surface area contributed by atoms with Gasteiger partial charge in [0, 0.05) is 30.4 Å². The number of nitrogens with zero attached hydrogens (tertiary/aromatic N) is 2. The highest BCUT2D eigenvalue weighted by Gasteiger charge is 2.43. The van der Waals surface area contributed by atoms with Crippen LogP contribution in [0.3, 0.4) is 0 Å². The van der Waals surface area contributed by atoms with Crippen LogP contribution in [-0.4, -0.2) is 42.1 Å². The van der Waals surface area contributed by atoms with Crippen molar-refractivity contribution in [3.05, 3.63) is 69.9 Å². The van der Waals surface area contributed by atoms with E-state index in [0.29, 0.717) is 13.0 Å². The predicted octanol–water partition coefficient (Wildman–Crippen LogP) is 5.87. The number of benzene rings is 2. The Balaban J connectivity index is 1.53. The largest absolute Gasteiger partial charge is 0.438 e. The van der Waals surface area contributed by atoms with Crippen molar-refractivity contribution in [1.29, 1.82) is 0 Å². The highest BCUT2D eigenvalue weighted by Crippen LogP contribution is 2.40. The monoisotopic (exact) mass is 474 g/mol. The van der Waals surface area contributed by atoms with E-state index in [-0.39, 0.29) is 18.0 Å². The van der Waals surface area contributed by atoms with Gasteiger partial charge in [-0.2, -0.15) is 0 Å². The van der Waals surface area contributed by atoms with Crippen LogP contribution in [0.1, 0.15) is 49.8 Å². The average Bonchev–Trinajstić information content (AvgIpc) is 3.27. The summed E-state index contributed by atoms with van der Waals surface area (Å²) in [4.78, 5) is 17.4. The zero-order valence-electron chi connectivity index (χ0n) is 17.3. The quantitative estimate of drug-likeness (QED) is 0.524. The van der Waals surface area contributed by atoms with Crippen LogP contribution in [0.5, 0.6) is 0 Å². The van der Waals surface area contributed by atoms with Crippen LogP contribution in [0.2, 0.25) is 0 Å². The molecule has 2 aromatic carbocycles. The first-order chi connectivity index (χ1) is 14.5. The van der Waals surface area contributed by atoms with Crippen LogP contribution >= 0.6 is 15.9 Å². The molecule has 2 aromatic rings.